The van der Waals surface area contributed by atoms with Gasteiger partial charge in [-0.2, -0.15) is 13.2 Å². The highest BCUT2D eigenvalue weighted by Crippen LogP contribution is 2.60. The molecular weight excluding hydrogens is 756 g/mol. The molecule has 266 valence electrons. The first kappa shape index (κ1) is 35.9. The molecule has 2 aromatic rings. The van der Waals surface area contributed by atoms with Gasteiger partial charge in [0, 0.05) is 30.6 Å². The molecule has 0 spiro atoms. The standard InChI is InChI=1S/C36H42F3IN2O7/c1-48-30-12-23(18-44)11-27(40)32(30)49-29-14-25(33(46)41-6-7-43)13-28(31(29)45)42(34(47)24-2-4-26(5-3-24)36(37,38)39)19-35-15-20-8-21(16-35)10-22(9-20)17-35/h2-5,11-12,14,20-22,28-29,31,43-45H,6-10,13,15-19H2,1H3,(H,41,46)/t20?,21?,22?,28-,29+,31+,35?/m1/s1. The van der Waals surface area contributed by atoms with Crippen LogP contribution < -0.4 is 14.8 Å². The van der Waals surface area contributed by atoms with E-state index >= 15 is 0 Å². The van der Waals surface area contributed by atoms with Crippen LogP contribution in [0.3, 0.4) is 0 Å². The molecule has 0 aromatic heterocycles. The summed E-state index contributed by atoms with van der Waals surface area (Å²) in [6.45, 7) is -0.240. The molecule has 0 saturated heterocycles. The van der Waals surface area contributed by atoms with Crippen molar-refractivity contribution in [3.63, 3.8) is 0 Å². The van der Waals surface area contributed by atoms with Crippen molar-refractivity contribution < 1.29 is 47.6 Å². The number of hydrogen-bond donors (Lipinski definition) is 4. The summed E-state index contributed by atoms with van der Waals surface area (Å²) in [5, 5.41) is 33.8. The van der Waals surface area contributed by atoms with E-state index in [1.54, 1.807) is 17.0 Å². The fourth-order valence-corrected chi connectivity index (χ4v) is 9.84. The van der Waals surface area contributed by atoms with Gasteiger partial charge in [0.2, 0.25) is 5.91 Å². The number of amides is 2. The van der Waals surface area contributed by atoms with E-state index in [2.05, 4.69) is 5.32 Å². The van der Waals surface area contributed by atoms with Gasteiger partial charge in [0.05, 0.1) is 35.5 Å². The van der Waals surface area contributed by atoms with Crippen molar-refractivity contribution in [2.75, 3.05) is 26.8 Å². The number of carbonyl (C=O) groups excluding carboxylic acids is 2. The average molecular weight is 799 g/mol. The van der Waals surface area contributed by atoms with Crippen LogP contribution in [0, 0.1) is 26.7 Å². The first-order valence-electron chi connectivity index (χ1n) is 16.7. The topological polar surface area (TPSA) is 129 Å². The maximum absolute atomic E-state index is 14.5. The molecule has 13 heteroatoms. The van der Waals surface area contributed by atoms with Crippen LogP contribution >= 0.6 is 22.6 Å². The van der Waals surface area contributed by atoms with E-state index in [1.807, 2.05) is 22.6 Å². The van der Waals surface area contributed by atoms with Crippen LogP contribution in [0.2, 0.25) is 0 Å². The number of nitrogens with zero attached hydrogens (tertiary/aromatic N) is 1. The van der Waals surface area contributed by atoms with Gasteiger partial charge in [-0.1, -0.05) is 0 Å². The Balaban J connectivity index is 1.39. The van der Waals surface area contributed by atoms with E-state index in [1.165, 1.54) is 44.6 Å². The molecule has 4 saturated carbocycles. The molecule has 5 aliphatic carbocycles. The Labute approximate surface area is 297 Å². The normalized spacial score (nSPS) is 28.9. The molecule has 5 aliphatic rings. The smallest absolute Gasteiger partial charge is 0.416 e. The number of nitrogens with one attached hydrogen (secondary N) is 1. The Morgan fingerprint density at radius 3 is 2.22 bits per heavy atom. The van der Waals surface area contributed by atoms with Gasteiger partial charge in [0.25, 0.3) is 5.91 Å². The maximum Gasteiger partial charge on any atom is 0.416 e. The Morgan fingerprint density at radius 2 is 1.67 bits per heavy atom. The molecule has 0 radical (unpaired) electrons. The number of alkyl halides is 3. The summed E-state index contributed by atoms with van der Waals surface area (Å²) in [5.74, 6) is 1.22. The highest BCUT2D eigenvalue weighted by Gasteiger charge is 2.53. The largest absolute Gasteiger partial charge is 0.493 e. The zero-order valence-electron chi connectivity index (χ0n) is 27.2. The summed E-state index contributed by atoms with van der Waals surface area (Å²) in [5.41, 5.74) is -0.195. The third-order valence-electron chi connectivity index (χ3n) is 10.7. The molecule has 0 heterocycles. The van der Waals surface area contributed by atoms with Crippen molar-refractivity contribution in [3.8, 4) is 11.5 Å². The summed E-state index contributed by atoms with van der Waals surface area (Å²) in [7, 11) is 1.44. The third-order valence-corrected chi connectivity index (χ3v) is 11.5. The number of hydrogen-bond acceptors (Lipinski definition) is 7. The Bertz CT molecular complexity index is 1550. The first-order valence-corrected chi connectivity index (χ1v) is 17.8. The van der Waals surface area contributed by atoms with Crippen LogP contribution in [0.4, 0.5) is 13.2 Å². The van der Waals surface area contributed by atoms with Crippen LogP contribution in [0.1, 0.15) is 66.4 Å². The second-order valence-corrected chi connectivity index (χ2v) is 15.4. The monoisotopic (exact) mass is 798 g/mol. The van der Waals surface area contributed by atoms with Gasteiger partial charge in [-0.25, -0.2) is 0 Å². The highest BCUT2D eigenvalue weighted by atomic mass is 127. The number of aliphatic hydroxyl groups is 3. The summed E-state index contributed by atoms with van der Waals surface area (Å²) in [6, 6.07) is 6.46. The minimum absolute atomic E-state index is 0.00919. The summed E-state index contributed by atoms with van der Waals surface area (Å²) in [6.07, 6.45) is 0.754. The molecule has 4 bridgehead atoms. The molecule has 9 nitrogen and oxygen atoms in total. The first-order chi connectivity index (χ1) is 23.3. The minimum atomic E-state index is -4.57. The van der Waals surface area contributed by atoms with E-state index < -0.39 is 41.8 Å². The summed E-state index contributed by atoms with van der Waals surface area (Å²) in [4.78, 5) is 29.5. The van der Waals surface area contributed by atoms with Gasteiger partial charge in [-0.15, -0.1) is 0 Å². The lowest BCUT2D eigenvalue weighted by molar-refractivity contribution is -0.137. The molecule has 4 fully saturated rings. The molecular formula is C36H42F3IN2O7. The SMILES string of the molecule is COc1cc(CO)cc(I)c1O[C@H]1C=C(C(=O)NCCO)C[C@@H](N(CC23CC4CC(CC(C4)C2)C3)C(=O)c2ccc(C(F)(F)F)cc2)[C@@H]1O. The zero-order valence-corrected chi connectivity index (χ0v) is 29.4. The lowest BCUT2D eigenvalue weighted by Gasteiger charge is -2.58. The predicted molar refractivity (Wildman–Crippen MR) is 182 cm³/mol. The number of benzene rings is 2. The van der Waals surface area contributed by atoms with Crippen molar-refractivity contribution >= 4 is 34.4 Å². The maximum atomic E-state index is 14.5. The van der Waals surface area contributed by atoms with E-state index in [0.717, 1.165) is 31.4 Å². The van der Waals surface area contributed by atoms with Crippen molar-refractivity contribution in [3.05, 3.63) is 68.3 Å². The number of ether oxygens (including phenoxy) is 2. The number of carbonyl (C=O) groups is 2. The second-order valence-electron chi connectivity index (χ2n) is 14.2. The number of aliphatic hydroxyl groups excluding tert-OH is 3. The van der Waals surface area contributed by atoms with Crippen LogP contribution in [0.25, 0.3) is 0 Å². The lowest BCUT2D eigenvalue weighted by Crippen LogP contribution is -2.59. The zero-order chi connectivity index (χ0) is 35.1. The molecule has 4 N–H and O–H groups in total. The van der Waals surface area contributed by atoms with Crippen LogP contribution in [0.5, 0.6) is 11.5 Å². The number of rotatable bonds is 11. The fraction of sp³-hybridized carbons (Fsp3) is 0.556. The van der Waals surface area contributed by atoms with Gasteiger partial charge in [0.1, 0.15) is 12.2 Å². The van der Waals surface area contributed by atoms with Gasteiger partial charge in [-0.05, 0) is 132 Å². The van der Waals surface area contributed by atoms with Crippen molar-refractivity contribution in [1.82, 2.24) is 10.2 Å². The minimum Gasteiger partial charge on any atom is -0.493 e. The third kappa shape index (κ3) is 7.59. The molecule has 7 rings (SSSR count). The van der Waals surface area contributed by atoms with Gasteiger partial charge < -0.3 is 35.0 Å². The molecule has 0 unspecified atom stereocenters. The number of halogens is 4. The summed E-state index contributed by atoms with van der Waals surface area (Å²) < 4.78 is 52.8. The molecule has 3 atom stereocenters. The predicted octanol–water partition coefficient (Wildman–Crippen LogP) is 5.09. The van der Waals surface area contributed by atoms with E-state index in [9.17, 15) is 38.1 Å². The van der Waals surface area contributed by atoms with Crippen molar-refractivity contribution in [2.45, 2.75) is 76.0 Å². The summed E-state index contributed by atoms with van der Waals surface area (Å²) >= 11 is 2.03. The quantitative estimate of drug-likeness (QED) is 0.234. The lowest BCUT2D eigenvalue weighted by atomic mass is 9.49. The molecule has 49 heavy (non-hydrogen) atoms. The van der Waals surface area contributed by atoms with E-state index in [-0.39, 0.29) is 48.5 Å². The van der Waals surface area contributed by atoms with Gasteiger partial charge in [-0.3, -0.25) is 9.59 Å². The van der Waals surface area contributed by atoms with Gasteiger partial charge >= 0.3 is 6.18 Å². The molecule has 2 amide bonds. The van der Waals surface area contributed by atoms with E-state index in [0.29, 0.717) is 39.2 Å². The van der Waals surface area contributed by atoms with Crippen LogP contribution in [-0.4, -0.2) is 77.1 Å². The average Bonchev–Trinajstić information content (AvgIpc) is 3.06. The highest BCUT2D eigenvalue weighted by molar-refractivity contribution is 14.1. The van der Waals surface area contributed by atoms with Gasteiger partial charge in [0.15, 0.2) is 11.5 Å². The Morgan fingerprint density at radius 1 is 1.04 bits per heavy atom. The Hall–Kier alpha value is -2.88. The van der Waals surface area contributed by atoms with E-state index in [4.69, 9.17) is 9.47 Å². The molecule has 0 aliphatic heterocycles. The fourth-order valence-electron chi connectivity index (χ4n) is 9.05. The Kier molecular flexibility index (Phi) is 10.6. The molecule has 2 aromatic carbocycles. The number of methoxy groups -OCH3 is 1. The van der Waals surface area contributed by atoms with Crippen LogP contribution in [0.15, 0.2) is 48.0 Å². The van der Waals surface area contributed by atoms with Crippen LogP contribution in [-0.2, 0) is 17.6 Å². The van der Waals surface area contributed by atoms with Crippen molar-refractivity contribution in [1.29, 1.82) is 0 Å². The second kappa shape index (κ2) is 14.4. The van der Waals surface area contributed by atoms with Crippen molar-refractivity contribution in [2.24, 2.45) is 23.2 Å².